The molecule has 0 radical (unpaired) electrons. The van der Waals surface area contributed by atoms with Crippen molar-refractivity contribution in [2.24, 2.45) is 0 Å². The summed E-state index contributed by atoms with van der Waals surface area (Å²) in [5, 5.41) is 3.02. The Morgan fingerprint density at radius 1 is 1.44 bits per heavy atom. The molecule has 2 N–H and O–H groups in total. The van der Waals surface area contributed by atoms with Gasteiger partial charge in [-0.25, -0.2) is 4.98 Å². The van der Waals surface area contributed by atoms with E-state index < -0.39 is 0 Å². The van der Waals surface area contributed by atoms with Crippen LogP contribution >= 0.6 is 23.5 Å². The molecule has 3 rings (SSSR count). The number of methoxy groups -OCH3 is 1. The van der Waals surface area contributed by atoms with Crippen molar-refractivity contribution in [3.63, 3.8) is 0 Å². The highest BCUT2D eigenvalue weighted by Crippen LogP contribution is 2.30. The molecule has 1 atom stereocenters. The number of para-hydroxylation sites is 2. The lowest BCUT2D eigenvalue weighted by molar-refractivity contribution is -0.115. The summed E-state index contributed by atoms with van der Waals surface area (Å²) in [6.45, 7) is 1.93. The molecule has 1 aromatic heterocycles. The highest BCUT2D eigenvalue weighted by Gasteiger charge is 2.23. The number of hydrogen-bond acceptors (Lipinski definition) is 6. The molecule has 1 aromatic carbocycles. The van der Waals surface area contributed by atoms with Crippen LogP contribution in [0.3, 0.4) is 0 Å². The normalized spacial score (nSPS) is 14.0. The van der Waals surface area contributed by atoms with Gasteiger partial charge in [0.1, 0.15) is 5.75 Å². The van der Waals surface area contributed by atoms with Crippen molar-refractivity contribution in [1.29, 1.82) is 0 Å². The Morgan fingerprint density at radius 3 is 3.00 bits per heavy atom. The van der Waals surface area contributed by atoms with Gasteiger partial charge in [-0.3, -0.25) is 9.59 Å². The number of rotatable bonds is 6. The first-order valence-corrected chi connectivity index (χ1v) is 9.96. The first kappa shape index (κ1) is 17.9. The average Bonchev–Trinajstić information content (AvgIpc) is 3.09. The van der Waals surface area contributed by atoms with Gasteiger partial charge in [0.05, 0.1) is 23.7 Å². The zero-order chi connectivity index (χ0) is 17.8. The number of hydrogen-bond donors (Lipinski definition) is 2. The van der Waals surface area contributed by atoms with Crippen molar-refractivity contribution in [3.05, 3.63) is 45.9 Å². The fraction of sp³-hybridized carbons (Fsp3) is 0.353. The number of benzene rings is 1. The Morgan fingerprint density at radius 2 is 2.24 bits per heavy atom. The standard InChI is InChI=1S/C17H19N3O3S2/c1-3-14(16(22)18-11-6-4-5-7-13(11)23-2)25-17-19-12-9-24-8-10(12)15(21)20-17/h4-7,14H,3,8-9H2,1-2H3,(H,18,22)(H,19,20,21). The molecule has 8 heteroatoms. The highest BCUT2D eigenvalue weighted by atomic mass is 32.2. The Bertz CT molecular complexity index is 838. The Labute approximate surface area is 154 Å². The van der Waals surface area contributed by atoms with Crippen LogP contribution < -0.4 is 15.6 Å². The van der Waals surface area contributed by atoms with Crippen molar-refractivity contribution in [2.75, 3.05) is 12.4 Å². The largest absolute Gasteiger partial charge is 0.495 e. The molecule has 0 spiro atoms. The van der Waals surface area contributed by atoms with Crippen LogP contribution in [0.25, 0.3) is 0 Å². The molecule has 1 aliphatic rings. The number of amides is 1. The Hall–Kier alpha value is -1.93. The SMILES string of the molecule is CCC(Sc1nc2c(c(=O)[nH]1)CSC2)C(=O)Nc1ccccc1OC. The fourth-order valence-electron chi connectivity index (χ4n) is 2.51. The van der Waals surface area contributed by atoms with Crippen LogP contribution in [0.5, 0.6) is 5.75 Å². The number of thioether (sulfide) groups is 2. The Balaban J connectivity index is 1.75. The molecule has 1 amide bonds. The summed E-state index contributed by atoms with van der Waals surface area (Å²) in [6, 6.07) is 7.27. The van der Waals surface area contributed by atoms with Gasteiger partial charge in [-0.2, -0.15) is 11.8 Å². The minimum Gasteiger partial charge on any atom is -0.495 e. The summed E-state index contributed by atoms with van der Waals surface area (Å²) in [5.74, 6) is 1.91. The maximum atomic E-state index is 12.6. The maximum absolute atomic E-state index is 12.6. The second-order valence-corrected chi connectivity index (χ2v) is 7.67. The third-order valence-electron chi connectivity index (χ3n) is 3.85. The number of H-pyrrole nitrogens is 1. The molecule has 1 unspecified atom stereocenters. The third kappa shape index (κ3) is 4.01. The smallest absolute Gasteiger partial charge is 0.255 e. The zero-order valence-corrected chi connectivity index (χ0v) is 15.6. The summed E-state index contributed by atoms with van der Waals surface area (Å²) >= 11 is 2.96. The van der Waals surface area contributed by atoms with Gasteiger partial charge >= 0.3 is 0 Å². The number of nitrogens with one attached hydrogen (secondary N) is 2. The summed E-state index contributed by atoms with van der Waals surface area (Å²) in [7, 11) is 1.56. The van der Waals surface area contributed by atoms with Crippen LogP contribution in [0.2, 0.25) is 0 Å². The van der Waals surface area contributed by atoms with Crippen LogP contribution in [0.4, 0.5) is 5.69 Å². The van der Waals surface area contributed by atoms with E-state index in [2.05, 4.69) is 15.3 Å². The highest BCUT2D eigenvalue weighted by molar-refractivity contribution is 8.00. The van der Waals surface area contributed by atoms with Crippen molar-refractivity contribution in [2.45, 2.75) is 35.3 Å². The van der Waals surface area contributed by atoms with Crippen LogP contribution in [0, 0.1) is 0 Å². The van der Waals surface area contributed by atoms with Crippen molar-refractivity contribution in [1.82, 2.24) is 9.97 Å². The summed E-state index contributed by atoms with van der Waals surface area (Å²) in [5.41, 5.74) is 2.11. The number of aromatic nitrogens is 2. The summed E-state index contributed by atoms with van der Waals surface area (Å²) in [4.78, 5) is 32.0. The quantitative estimate of drug-likeness (QED) is 0.595. The summed E-state index contributed by atoms with van der Waals surface area (Å²) < 4.78 is 5.26. The van der Waals surface area contributed by atoms with E-state index in [4.69, 9.17) is 4.74 Å². The first-order valence-electron chi connectivity index (χ1n) is 7.92. The molecular formula is C17H19N3O3S2. The van der Waals surface area contributed by atoms with Gasteiger partial charge in [0.15, 0.2) is 5.16 Å². The fourth-order valence-corrected chi connectivity index (χ4v) is 4.47. The number of fused-ring (bicyclic) bond motifs is 1. The molecule has 0 saturated heterocycles. The lowest BCUT2D eigenvalue weighted by Crippen LogP contribution is -2.26. The second-order valence-electron chi connectivity index (χ2n) is 5.49. The van der Waals surface area contributed by atoms with Crippen molar-refractivity contribution >= 4 is 35.1 Å². The van der Waals surface area contributed by atoms with Gasteiger partial charge in [0, 0.05) is 17.1 Å². The van der Waals surface area contributed by atoms with Gasteiger partial charge < -0.3 is 15.0 Å². The molecule has 1 aliphatic heterocycles. The van der Waals surface area contributed by atoms with E-state index in [0.717, 1.165) is 17.0 Å². The van der Waals surface area contributed by atoms with E-state index in [1.807, 2.05) is 19.1 Å². The van der Waals surface area contributed by atoms with Crippen LogP contribution in [0.1, 0.15) is 24.6 Å². The predicted molar refractivity (Wildman–Crippen MR) is 101 cm³/mol. The monoisotopic (exact) mass is 377 g/mol. The number of aromatic amines is 1. The Kier molecular flexibility index (Phi) is 5.70. The summed E-state index contributed by atoms with van der Waals surface area (Å²) in [6.07, 6.45) is 0.612. The minimum atomic E-state index is -0.361. The van der Waals surface area contributed by atoms with Crippen molar-refractivity contribution in [3.8, 4) is 5.75 Å². The second kappa shape index (κ2) is 7.97. The first-order chi connectivity index (χ1) is 12.1. The average molecular weight is 377 g/mol. The van der Waals surface area contributed by atoms with Gasteiger partial charge in [-0.15, -0.1) is 0 Å². The lowest BCUT2D eigenvalue weighted by Gasteiger charge is -2.16. The molecular weight excluding hydrogens is 358 g/mol. The van der Waals surface area contributed by atoms with Gasteiger partial charge in [0.2, 0.25) is 5.91 Å². The number of carbonyl (C=O) groups excluding carboxylic acids is 1. The topological polar surface area (TPSA) is 84.1 Å². The zero-order valence-electron chi connectivity index (χ0n) is 14.0. The van der Waals surface area contributed by atoms with E-state index in [1.165, 1.54) is 11.8 Å². The van der Waals surface area contributed by atoms with Gasteiger partial charge in [-0.1, -0.05) is 30.8 Å². The van der Waals surface area contributed by atoms with E-state index in [9.17, 15) is 9.59 Å². The molecule has 25 heavy (non-hydrogen) atoms. The molecule has 2 aromatic rings. The van der Waals surface area contributed by atoms with Crippen molar-refractivity contribution < 1.29 is 9.53 Å². The molecule has 0 fully saturated rings. The third-order valence-corrected chi connectivity index (χ3v) is 6.07. The minimum absolute atomic E-state index is 0.0995. The van der Waals surface area contributed by atoms with Gasteiger partial charge in [-0.05, 0) is 18.6 Å². The lowest BCUT2D eigenvalue weighted by atomic mass is 10.2. The van der Waals surface area contributed by atoms with Crippen LogP contribution in [-0.2, 0) is 16.3 Å². The molecule has 6 nitrogen and oxygen atoms in total. The number of anilines is 1. The van der Waals surface area contributed by atoms with E-state index in [0.29, 0.717) is 28.8 Å². The van der Waals surface area contributed by atoms with E-state index in [1.54, 1.807) is 31.0 Å². The van der Waals surface area contributed by atoms with Crippen LogP contribution in [-0.4, -0.2) is 28.2 Å². The van der Waals surface area contributed by atoms with E-state index in [-0.39, 0.29) is 16.7 Å². The van der Waals surface area contributed by atoms with Crippen LogP contribution in [0.15, 0.2) is 34.2 Å². The van der Waals surface area contributed by atoms with E-state index >= 15 is 0 Å². The molecule has 132 valence electrons. The number of carbonyl (C=O) groups is 1. The number of ether oxygens (including phenoxy) is 1. The molecule has 2 heterocycles. The predicted octanol–water partition coefficient (Wildman–Crippen LogP) is 3.03. The molecule has 0 bridgehead atoms. The molecule has 0 aliphatic carbocycles. The van der Waals surface area contributed by atoms with Gasteiger partial charge in [0.25, 0.3) is 5.56 Å². The molecule has 0 saturated carbocycles. The number of nitrogens with zero attached hydrogens (tertiary/aromatic N) is 1. The maximum Gasteiger partial charge on any atom is 0.255 e.